The summed E-state index contributed by atoms with van der Waals surface area (Å²) in [6.07, 6.45) is 1.65. The lowest BCUT2D eigenvalue weighted by Gasteiger charge is -2.24. The molecule has 1 aromatic heterocycles. The van der Waals surface area contributed by atoms with Crippen molar-refractivity contribution in [2.24, 2.45) is 5.92 Å². The lowest BCUT2D eigenvalue weighted by molar-refractivity contribution is 0.0584. The van der Waals surface area contributed by atoms with Crippen molar-refractivity contribution >= 4 is 22.7 Å². The zero-order valence-corrected chi connectivity index (χ0v) is 15.6. The molecule has 138 valence electrons. The maximum absolute atomic E-state index is 10.5. The summed E-state index contributed by atoms with van der Waals surface area (Å²) in [7, 11) is 3.13. The van der Waals surface area contributed by atoms with Crippen molar-refractivity contribution in [3.63, 3.8) is 0 Å². The van der Waals surface area contributed by atoms with Gasteiger partial charge in [0.25, 0.3) is 0 Å². The third-order valence-electron chi connectivity index (χ3n) is 4.12. The Morgan fingerprint density at radius 2 is 1.84 bits per heavy atom. The lowest BCUT2D eigenvalue weighted by Crippen LogP contribution is -2.34. The summed E-state index contributed by atoms with van der Waals surface area (Å²) < 4.78 is 10.6. The number of aromatic nitrogens is 2. The minimum Gasteiger partial charge on any atom is -0.493 e. The number of anilines is 2. The van der Waals surface area contributed by atoms with Gasteiger partial charge in [-0.15, -0.1) is 0 Å². The molecule has 0 spiro atoms. The summed E-state index contributed by atoms with van der Waals surface area (Å²) in [6, 6.07) is 3.51. The molecular weight excluding hydrogens is 320 g/mol. The number of benzene rings is 1. The molecule has 0 saturated heterocycles. The fourth-order valence-electron chi connectivity index (χ4n) is 2.52. The van der Waals surface area contributed by atoms with Crippen molar-refractivity contribution in [3.05, 3.63) is 12.1 Å². The van der Waals surface area contributed by atoms with Crippen LogP contribution in [0.25, 0.3) is 10.9 Å². The van der Waals surface area contributed by atoms with Gasteiger partial charge in [-0.3, -0.25) is 0 Å². The van der Waals surface area contributed by atoms with Gasteiger partial charge in [-0.2, -0.15) is 4.98 Å². The molecule has 1 atom stereocenters. The summed E-state index contributed by atoms with van der Waals surface area (Å²) in [5.74, 6) is 2.41. The first kappa shape index (κ1) is 19.1. The normalized spacial score (nSPS) is 13.7. The van der Waals surface area contributed by atoms with Crippen molar-refractivity contribution in [1.29, 1.82) is 0 Å². The van der Waals surface area contributed by atoms with E-state index in [0.29, 0.717) is 53.1 Å². The summed E-state index contributed by atoms with van der Waals surface area (Å²) in [5.41, 5.74) is 5.87. The van der Waals surface area contributed by atoms with E-state index in [-0.39, 0.29) is 0 Å². The van der Waals surface area contributed by atoms with Crippen molar-refractivity contribution in [1.82, 2.24) is 9.97 Å². The number of methoxy groups -OCH3 is 2. The number of aliphatic hydroxyl groups is 1. The third-order valence-corrected chi connectivity index (χ3v) is 4.12. The Morgan fingerprint density at radius 3 is 2.44 bits per heavy atom. The largest absolute Gasteiger partial charge is 0.493 e. The van der Waals surface area contributed by atoms with Crippen LogP contribution in [-0.4, -0.2) is 41.4 Å². The fraction of sp³-hybridized carbons (Fsp3) is 0.556. The minimum atomic E-state index is -0.838. The average molecular weight is 348 g/mol. The summed E-state index contributed by atoms with van der Waals surface area (Å²) in [4.78, 5) is 8.75. The van der Waals surface area contributed by atoms with E-state index < -0.39 is 5.60 Å². The number of fused-ring (bicyclic) bond motifs is 1. The number of hydrogen-bond donors (Lipinski definition) is 3. The fourth-order valence-corrected chi connectivity index (χ4v) is 2.52. The molecular formula is C18H28N4O3. The van der Waals surface area contributed by atoms with Crippen LogP contribution in [0.3, 0.4) is 0 Å². The van der Waals surface area contributed by atoms with Gasteiger partial charge in [0.1, 0.15) is 5.82 Å². The van der Waals surface area contributed by atoms with Crippen molar-refractivity contribution in [3.8, 4) is 11.5 Å². The molecule has 1 heterocycles. The first-order valence-electron chi connectivity index (χ1n) is 8.41. The quantitative estimate of drug-likeness (QED) is 0.674. The van der Waals surface area contributed by atoms with E-state index in [1.54, 1.807) is 33.3 Å². The third kappa shape index (κ3) is 4.85. The molecule has 0 fully saturated rings. The van der Waals surface area contributed by atoms with Crippen LogP contribution in [0.1, 0.15) is 33.6 Å². The van der Waals surface area contributed by atoms with Crippen LogP contribution in [-0.2, 0) is 0 Å². The number of nitrogens with zero attached hydrogens (tertiary/aromatic N) is 2. The Labute approximate surface area is 148 Å². The Balaban J connectivity index is 2.22. The maximum Gasteiger partial charge on any atom is 0.225 e. The molecule has 7 heteroatoms. The van der Waals surface area contributed by atoms with Gasteiger partial charge in [-0.1, -0.05) is 13.8 Å². The van der Waals surface area contributed by atoms with Gasteiger partial charge >= 0.3 is 0 Å². The smallest absolute Gasteiger partial charge is 0.225 e. The molecule has 2 aromatic rings. The highest BCUT2D eigenvalue weighted by molar-refractivity contribution is 5.91. The molecule has 1 aromatic carbocycles. The molecule has 0 amide bonds. The molecule has 0 bridgehead atoms. The second-order valence-electron chi connectivity index (χ2n) is 6.94. The molecule has 0 aliphatic rings. The van der Waals surface area contributed by atoms with Gasteiger partial charge in [0, 0.05) is 18.0 Å². The monoisotopic (exact) mass is 348 g/mol. The summed E-state index contributed by atoms with van der Waals surface area (Å²) in [5, 5.41) is 14.2. The minimum absolute atomic E-state index is 0.343. The highest BCUT2D eigenvalue weighted by Crippen LogP contribution is 2.33. The van der Waals surface area contributed by atoms with Crippen LogP contribution in [0.15, 0.2) is 12.1 Å². The van der Waals surface area contributed by atoms with E-state index in [0.717, 1.165) is 6.42 Å². The van der Waals surface area contributed by atoms with E-state index in [4.69, 9.17) is 15.2 Å². The van der Waals surface area contributed by atoms with Gasteiger partial charge in [0.05, 0.1) is 25.3 Å². The van der Waals surface area contributed by atoms with Crippen LogP contribution >= 0.6 is 0 Å². The number of nitrogens with two attached hydrogens (primary N) is 1. The maximum atomic E-state index is 10.5. The van der Waals surface area contributed by atoms with Crippen molar-refractivity contribution in [2.75, 3.05) is 31.8 Å². The summed E-state index contributed by atoms with van der Waals surface area (Å²) >= 11 is 0. The van der Waals surface area contributed by atoms with Crippen molar-refractivity contribution in [2.45, 2.75) is 39.2 Å². The Kier molecular flexibility index (Phi) is 5.89. The second-order valence-corrected chi connectivity index (χ2v) is 6.94. The Hall–Kier alpha value is -2.28. The van der Waals surface area contributed by atoms with E-state index in [2.05, 4.69) is 29.1 Å². The zero-order chi connectivity index (χ0) is 18.6. The molecule has 0 radical (unpaired) electrons. The number of nitrogens with one attached hydrogen (secondary N) is 1. The predicted molar refractivity (Wildman–Crippen MR) is 100 cm³/mol. The van der Waals surface area contributed by atoms with Gasteiger partial charge in [-0.25, -0.2) is 4.98 Å². The van der Waals surface area contributed by atoms with Gasteiger partial charge in [0.15, 0.2) is 11.5 Å². The number of rotatable bonds is 8. The van der Waals surface area contributed by atoms with E-state index in [9.17, 15) is 5.11 Å². The van der Waals surface area contributed by atoms with Gasteiger partial charge in [-0.05, 0) is 31.7 Å². The first-order valence-corrected chi connectivity index (χ1v) is 8.41. The zero-order valence-electron chi connectivity index (χ0n) is 15.6. The average Bonchev–Trinajstić information content (AvgIpc) is 2.57. The first-order chi connectivity index (χ1) is 11.8. The van der Waals surface area contributed by atoms with Crippen LogP contribution in [0, 0.1) is 5.92 Å². The van der Waals surface area contributed by atoms with Gasteiger partial charge < -0.3 is 25.6 Å². The van der Waals surface area contributed by atoms with E-state index in [1.807, 2.05) is 0 Å². The molecule has 4 N–H and O–H groups in total. The van der Waals surface area contributed by atoms with Crippen LogP contribution in [0.4, 0.5) is 11.8 Å². The molecule has 25 heavy (non-hydrogen) atoms. The highest BCUT2D eigenvalue weighted by atomic mass is 16.5. The Bertz CT molecular complexity index is 732. The molecule has 1 unspecified atom stereocenters. The standard InChI is InChI=1S/C18H28N4O3/c1-11(2)6-7-18(3,23)10-20-17-21-13-9-15(25-5)14(24-4)8-12(13)16(19)22-17/h8-9,11,23H,6-7,10H2,1-5H3,(H3,19,20,21,22). The van der Waals surface area contributed by atoms with E-state index in [1.165, 1.54) is 0 Å². The van der Waals surface area contributed by atoms with Crippen LogP contribution < -0.4 is 20.5 Å². The van der Waals surface area contributed by atoms with E-state index >= 15 is 0 Å². The predicted octanol–water partition coefficient (Wildman–Crippen LogP) is 2.83. The SMILES string of the molecule is COc1cc2nc(NCC(C)(O)CCC(C)C)nc(N)c2cc1OC. The second kappa shape index (κ2) is 7.74. The van der Waals surface area contributed by atoms with Crippen LogP contribution in [0.2, 0.25) is 0 Å². The number of hydrogen-bond acceptors (Lipinski definition) is 7. The highest BCUT2D eigenvalue weighted by Gasteiger charge is 2.21. The van der Waals surface area contributed by atoms with Crippen LogP contribution in [0.5, 0.6) is 11.5 Å². The number of nitrogen functional groups attached to an aromatic ring is 1. The molecule has 0 saturated carbocycles. The molecule has 7 nitrogen and oxygen atoms in total. The lowest BCUT2D eigenvalue weighted by atomic mass is 9.95. The summed E-state index contributed by atoms with van der Waals surface area (Å²) in [6.45, 7) is 6.43. The molecule has 0 aliphatic heterocycles. The van der Waals surface area contributed by atoms with Crippen molar-refractivity contribution < 1.29 is 14.6 Å². The molecule has 2 rings (SSSR count). The topological polar surface area (TPSA) is 103 Å². The Morgan fingerprint density at radius 1 is 1.20 bits per heavy atom. The van der Waals surface area contributed by atoms with Gasteiger partial charge in [0.2, 0.25) is 5.95 Å². The number of ether oxygens (including phenoxy) is 2. The molecule has 0 aliphatic carbocycles.